The monoisotopic (exact) mass is 620 g/mol. The van der Waals surface area contributed by atoms with Crippen molar-refractivity contribution in [1.29, 1.82) is 0 Å². The summed E-state index contributed by atoms with van der Waals surface area (Å²) >= 11 is 3.42. The van der Waals surface area contributed by atoms with Crippen molar-refractivity contribution in [2.75, 3.05) is 51.6 Å². The molecule has 0 amide bonds. The topological polar surface area (TPSA) is 54.0 Å². The summed E-state index contributed by atoms with van der Waals surface area (Å²) < 4.78 is 25.1. The third-order valence-corrected chi connectivity index (χ3v) is 8.53. The Morgan fingerprint density at radius 1 is 0.615 bits per heavy atom. The van der Waals surface area contributed by atoms with Gasteiger partial charge in [0.25, 0.3) is 0 Å². The third kappa shape index (κ3) is 20.4. The second kappa shape index (κ2) is 26.7. The molecule has 5 nitrogen and oxygen atoms in total. The van der Waals surface area contributed by atoms with Crippen molar-refractivity contribution >= 4 is 21.9 Å². The molecule has 0 N–H and O–H groups in total. The highest BCUT2D eigenvalue weighted by Crippen LogP contribution is 2.25. The maximum absolute atomic E-state index is 12.5. The van der Waals surface area contributed by atoms with Crippen LogP contribution in [0, 0.1) is 23.2 Å². The lowest BCUT2D eigenvalue weighted by Gasteiger charge is -2.34. The first kappa shape index (κ1) is 38.8. The fourth-order valence-corrected chi connectivity index (χ4v) is 5.07. The molecule has 0 saturated heterocycles. The molecule has 0 aliphatic heterocycles. The number of rotatable bonds is 29. The lowest BCUT2D eigenvalue weighted by Crippen LogP contribution is -2.43. The number of hydrogen-bond donors (Lipinski definition) is 0. The molecule has 0 saturated carbocycles. The Labute approximate surface area is 251 Å². The lowest BCUT2D eigenvalue weighted by molar-refractivity contribution is -0.157. The minimum Gasteiger partial charge on any atom is -0.465 e. The van der Waals surface area contributed by atoms with Gasteiger partial charge in [0.2, 0.25) is 0 Å². The first-order valence-corrected chi connectivity index (χ1v) is 17.5. The molecule has 0 spiro atoms. The van der Waals surface area contributed by atoms with E-state index in [0.717, 1.165) is 50.8 Å². The van der Waals surface area contributed by atoms with Gasteiger partial charge in [-0.25, -0.2) is 0 Å². The SMILES string of the molecule is CCCCC(CC)COCC(COCC(CC)CCCC)(COCC(CC)CCCC)COC(=O)CCCBr. The molecular weight excluding hydrogens is 556 g/mol. The summed E-state index contributed by atoms with van der Waals surface area (Å²) in [5.74, 6) is 1.52. The Morgan fingerprint density at radius 3 is 1.31 bits per heavy atom. The van der Waals surface area contributed by atoms with Gasteiger partial charge >= 0.3 is 5.97 Å². The summed E-state index contributed by atoms with van der Waals surface area (Å²) in [5.41, 5.74) is -0.501. The van der Waals surface area contributed by atoms with Crippen LogP contribution in [0.15, 0.2) is 0 Å². The second-order valence-electron chi connectivity index (χ2n) is 11.7. The zero-order chi connectivity index (χ0) is 29.2. The number of esters is 1. The highest BCUT2D eigenvalue weighted by atomic mass is 79.9. The maximum atomic E-state index is 12.5. The Bertz CT molecular complexity index is 489. The molecule has 234 valence electrons. The van der Waals surface area contributed by atoms with E-state index in [1.807, 2.05) is 0 Å². The summed E-state index contributed by atoms with van der Waals surface area (Å²) in [6.45, 7) is 17.4. The van der Waals surface area contributed by atoms with E-state index in [9.17, 15) is 4.79 Å². The molecule has 3 unspecified atom stereocenters. The number of carbonyl (C=O) groups excluding carboxylic acids is 1. The first-order chi connectivity index (χ1) is 18.9. The first-order valence-electron chi connectivity index (χ1n) is 16.4. The van der Waals surface area contributed by atoms with Gasteiger partial charge in [0.15, 0.2) is 0 Å². The largest absolute Gasteiger partial charge is 0.465 e. The van der Waals surface area contributed by atoms with Gasteiger partial charge in [0.1, 0.15) is 6.61 Å². The summed E-state index contributed by atoms with van der Waals surface area (Å²) in [6, 6.07) is 0. The Balaban J connectivity index is 5.55. The summed E-state index contributed by atoms with van der Waals surface area (Å²) in [6.07, 6.45) is 15.5. The third-order valence-electron chi connectivity index (χ3n) is 7.97. The predicted molar refractivity (Wildman–Crippen MR) is 169 cm³/mol. The van der Waals surface area contributed by atoms with E-state index in [2.05, 4.69) is 57.5 Å². The van der Waals surface area contributed by atoms with Crippen LogP contribution in [0.1, 0.15) is 131 Å². The fourth-order valence-electron chi connectivity index (χ4n) is 4.79. The van der Waals surface area contributed by atoms with Crippen LogP contribution in [0.2, 0.25) is 0 Å². The smallest absolute Gasteiger partial charge is 0.305 e. The van der Waals surface area contributed by atoms with Gasteiger partial charge in [0.05, 0.1) is 25.2 Å². The zero-order valence-electron chi connectivity index (χ0n) is 26.7. The van der Waals surface area contributed by atoms with Crippen molar-refractivity contribution in [3.8, 4) is 0 Å². The zero-order valence-corrected chi connectivity index (χ0v) is 28.3. The van der Waals surface area contributed by atoms with Crippen LogP contribution in [0.5, 0.6) is 0 Å². The molecule has 0 aromatic carbocycles. The summed E-state index contributed by atoms with van der Waals surface area (Å²) in [7, 11) is 0. The van der Waals surface area contributed by atoms with E-state index < -0.39 is 5.41 Å². The number of unbranched alkanes of at least 4 members (excludes halogenated alkanes) is 3. The van der Waals surface area contributed by atoms with Crippen molar-refractivity contribution in [1.82, 2.24) is 0 Å². The number of carbonyl (C=O) groups is 1. The Kier molecular flexibility index (Phi) is 26.6. The normalized spacial score (nSPS) is 15.6. The molecule has 0 bridgehead atoms. The van der Waals surface area contributed by atoms with Crippen LogP contribution in [-0.4, -0.2) is 57.5 Å². The fraction of sp³-hybridized carbons (Fsp3) is 0.970. The van der Waals surface area contributed by atoms with Gasteiger partial charge in [-0.2, -0.15) is 0 Å². The number of hydrogen-bond acceptors (Lipinski definition) is 5. The van der Waals surface area contributed by atoms with E-state index in [4.69, 9.17) is 18.9 Å². The van der Waals surface area contributed by atoms with Crippen LogP contribution in [0.4, 0.5) is 0 Å². The minimum absolute atomic E-state index is 0.156. The second-order valence-corrected chi connectivity index (χ2v) is 12.5. The van der Waals surface area contributed by atoms with Crippen molar-refractivity contribution < 1.29 is 23.7 Å². The number of alkyl halides is 1. The quantitative estimate of drug-likeness (QED) is 0.0615. The van der Waals surface area contributed by atoms with E-state index in [1.54, 1.807) is 0 Å². The molecule has 0 fully saturated rings. The molecule has 0 rings (SSSR count). The van der Waals surface area contributed by atoms with E-state index in [0.29, 0.717) is 44.0 Å². The van der Waals surface area contributed by atoms with E-state index >= 15 is 0 Å². The molecular formula is C33H65BrO5. The van der Waals surface area contributed by atoms with Crippen LogP contribution >= 0.6 is 15.9 Å². The highest BCUT2D eigenvalue weighted by Gasteiger charge is 2.35. The van der Waals surface area contributed by atoms with Gasteiger partial charge in [-0.3, -0.25) is 4.79 Å². The molecule has 0 aliphatic carbocycles. The van der Waals surface area contributed by atoms with Crippen molar-refractivity contribution in [2.45, 2.75) is 131 Å². The molecule has 3 atom stereocenters. The number of halogens is 1. The Morgan fingerprint density at radius 2 is 1.00 bits per heavy atom. The van der Waals surface area contributed by atoms with Gasteiger partial charge < -0.3 is 18.9 Å². The van der Waals surface area contributed by atoms with Crippen molar-refractivity contribution in [3.63, 3.8) is 0 Å². The van der Waals surface area contributed by atoms with Crippen molar-refractivity contribution in [2.24, 2.45) is 23.2 Å². The molecule has 39 heavy (non-hydrogen) atoms. The average Bonchev–Trinajstić information content (AvgIpc) is 2.95. The molecule has 6 heteroatoms. The van der Waals surface area contributed by atoms with E-state index in [1.165, 1.54) is 57.8 Å². The molecule has 0 heterocycles. The predicted octanol–water partition coefficient (Wildman–Crippen LogP) is 9.39. The van der Waals surface area contributed by atoms with Gasteiger partial charge in [-0.15, -0.1) is 0 Å². The standard InChI is InChI=1S/C33H65BrO5/c1-7-13-17-29(10-4)22-36-25-33(28-39-32(35)20-16-21-34,26-37-23-30(11-5)18-14-8-2)27-38-24-31(12-6)19-15-9-3/h29-31H,7-28H2,1-6H3. The summed E-state index contributed by atoms with van der Waals surface area (Å²) in [4.78, 5) is 12.5. The van der Waals surface area contributed by atoms with Gasteiger partial charge in [-0.05, 0) is 43.4 Å². The molecule has 0 radical (unpaired) electrons. The highest BCUT2D eigenvalue weighted by molar-refractivity contribution is 9.09. The summed E-state index contributed by atoms with van der Waals surface area (Å²) in [5, 5.41) is 0.797. The number of ether oxygens (including phenoxy) is 4. The maximum Gasteiger partial charge on any atom is 0.305 e. The minimum atomic E-state index is -0.501. The van der Waals surface area contributed by atoms with Crippen molar-refractivity contribution in [3.05, 3.63) is 0 Å². The average molecular weight is 622 g/mol. The van der Waals surface area contributed by atoms with Crippen LogP contribution < -0.4 is 0 Å². The molecule has 0 aromatic heterocycles. The van der Waals surface area contributed by atoms with Gasteiger partial charge in [0, 0.05) is 31.6 Å². The van der Waals surface area contributed by atoms with Crippen LogP contribution in [0.3, 0.4) is 0 Å². The van der Waals surface area contributed by atoms with Crippen LogP contribution in [0.25, 0.3) is 0 Å². The molecule has 0 aliphatic rings. The lowest BCUT2D eigenvalue weighted by atomic mass is 9.91. The molecule has 0 aromatic rings. The van der Waals surface area contributed by atoms with Gasteiger partial charge in [-0.1, -0.05) is 115 Å². The Hall–Kier alpha value is -0.170. The van der Waals surface area contributed by atoms with Crippen LogP contribution in [-0.2, 0) is 23.7 Å². The van der Waals surface area contributed by atoms with E-state index in [-0.39, 0.29) is 12.6 Å².